The first-order chi connectivity index (χ1) is 9.76. The number of carbonyl (C=O) groups is 1. The normalized spacial score (nSPS) is 13.0. The summed E-state index contributed by atoms with van der Waals surface area (Å²) in [6, 6.07) is 3.72. The summed E-state index contributed by atoms with van der Waals surface area (Å²) in [5, 5.41) is 3.68. The van der Waals surface area contributed by atoms with E-state index < -0.39 is 29.8 Å². The minimum atomic E-state index is -4.79. The van der Waals surface area contributed by atoms with Crippen LogP contribution in [0.3, 0.4) is 0 Å². The van der Waals surface area contributed by atoms with Gasteiger partial charge in [0.15, 0.2) is 11.6 Å². The minimum absolute atomic E-state index is 0.174. The molecule has 1 aromatic carbocycles. The van der Waals surface area contributed by atoms with Crippen LogP contribution in [0.1, 0.15) is 23.3 Å². The zero-order valence-electron chi connectivity index (χ0n) is 10.8. The van der Waals surface area contributed by atoms with Crippen molar-refractivity contribution < 1.29 is 27.1 Å². The highest BCUT2D eigenvalue weighted by Crippen LogP contribution is 2.24. The average Bonchev–Trinajstić information content (AvgIpc) is 2.83. The third-order valence-electron chi connectivity index (χ3n) is 2.72. The monoisotopic (exact) mass is 302 g/mol. The molecule has 4 nitrogen and oxygen atoms in total. The van der Waals surface area contributed by atoms with Gasteiger partial charge in [0.2, 0.25) is 0 Å². The van der Waals surface area contributed by atoms with Crippen LogP contribution in [0.15, 0.2) is 36.7 Å². The van der Waals surface area contributed by atoms with Crippen molar-refractivity contribution >= 4 is 5.78 Å². The van der Waals surface area contributed by atoms with E-state index in [2.05, 4.69) is 9.84 Å². The molecule has 2 aromatic rings. The number of benzene rings is 1. The Morgan fingerprint density at radius 1 is 1.29 bits per heavy atom. The molecule has 0 spiro atoms. The quantitative estimate of drug-likeness (QED) is 0.642. The number of Topliss-reactive ketones (excluding diaryl/α,β-unsaturated/α-hetero) is 1. The van der Waals surface area contributed by atoms with Crippen molar-refractivity contribution in [2.45, 2.75) is 19.3 Å². The van der Waals surface area contributed by atoms with Crippen molar-refractivity contribution in [1.29, 1.82) is 0 Å². The maximum atomic E-state index is 12.8. The van der Waals surface area contributed by atoms with Crippen molar-refractivity contribution in [3.63, 3.8) is 0 Å². The van der Waals surface area contributed by atoms with Crippen LogP contribution in [0.5, 0.6) is 5.75 Å². The summed E-state index contributed by atoms with van der Waals surface area (Å²) in [4.78, 5) is 12.1. The van der Waals surface area contributed by atoms with Gasteiger partial charge in [0, 0.05) is 5.56 Å². The molecule has 1 atom stereocenters. The van der Waals surface area contributed by atoms with E-state index in [0.29, 0.717) is 0 Å². The number of hydrogen-bond donors (Lipinski definition) is 0. The number of halogens is 4. The van der Waals surface area contributed by atoms with Crippen molar-refractivity contribution in [1.82, 2.24) is 9.78 Å². The molecule has 112 valence electrons. The van der Waals surface area contributed by atoms with Gasteiger partial charge in [-0.15, -0.1) is 13.2 Å². The van der Waals surface area contributed by atoms with E-state index >= 15 is 0 Å². The van der Waals surface area contributed by atoms with Gasteiger partial charge in [-0.2, -0.15) is 5.10 Å². The lowest BCUT2D eigenvalue weighted by molar-refractivity contribution is -0.274. The molecule has 2 rings (SSSR count). The molecule has 0 radical (unpaired) electrons. The Hall–Kier alpha value is -2.38. The van der Waals surface area contributed by atoms with Gasteiger partial charge in [-0.1, -0.05) is 0 Å². The number of alkyl halides is 3. The van der Waals surface area contributed by atoms with Gasteiger partial charge >= 0.3 is 6.36 Å². The molecule has 1 unspecified atom stereocenters. The Balaban J connectivity index is 2.13. The molecule has 1 aromatic heterocycles. The highest BCUT2D eigenvalue weighted by molar-refractivity contribution is 5.98. The molecule has 0 N–H and O–H groups in total. The van der Waals surface area contributed by atoms with Crippen LogP contribution in [0.2, 0.25) is 0 Å². The molecular weight excluding hydrogens is 292 g/mol. The summed E-state index contributed by atoms with van der Waals surface area (Å²) in [5.74, 6) is -1.41. The topological polar surface area (TPSA) is 44.1 Å². The molecule has 8 heteroatoms. The van der Waals surface area contributed by atoms with Gasteiger partial charge in [0.05, 0.1) is 12.4 Å². The number of carbonyl (C=O) groups excluding carboxylic acids is 1. The van der Waals surface area contributed by atoms with Crippen molar-refractivity contribution in [2.75, 3.05) is 0 Å². The number of aromatic nitrogens is 2. The number of rotatable bonds is 4. The first-order valence-electron chi connectivity index (χ1n) is 5.86. The van der Waals surface area contributed by atoms with Gasteiger partial charge in [-0.3, -0.25) is 9.48 Å². The highest BCUT2D eigenvalue weighted by atomic mass is 19.4. The molecule has 0 bridgehead atoms. The van der Waals surface area contributed by atoms with Gasteiger partial charge < -0.3 is 4.74 Å². The SMILES string of the molecule is CC(C(=O)c1ccc(OC(F)(F)F)cc1)n1cc(F)cn1. The molecule has 1 heterocycles. The second-order valence-electron chi connectivity index (χ2n) is 4.25. The van der Waals surface area contributed by atoms with E-state index in [-0.39, 0.29) is 5.56 Å². The average molecular weight is 302 g/mol. The molecule has 21 heavy (non-hydrogen) atoms. The molecule has 0 amide bonds. The van der Waals surface area contributed by atoms with Crippen molar-refractivity contribution in [3.8, 4) is 5.75 Å². The van der Waals surface area contributed by atoms with Crippen LogP contribution >= 0.6 is 0 Å². The lowest BCUT2D eigenvalue weighted by Gasteiger charge is -2.12. The minimum Gasteiger partial charge on any atom is -0.406 e. The Bertz CT molecular complexity index is 634. The molecule has 0 fully saturated rings. The smallest absolute Gasteiger partial charge is 0.406 e. The summed E-state index contributed by atoms with van der Waals surface area (Å²) in [6.45, 7) is 1.51. The summed E-state index contributed by atoms with van der Waals surface area (Å²) in [5.41, 5.74) is 0.174. The fourth-order valence-corrected chi connectivity index (χ4v) is 1.71. The van der Waals surface area contributed by atoms with E-state index in [4.69, 9.17) is 0 Å². The fourth-order valence-electron chi connectivity index (χ4n) is 1.71. The maximum absolute atomic E-state index is 12.8. The van der Waals surface area contributed by atoms with Gasteiger partial charge in [-0.25, -0.2) is 4.39 Å². The molecule has 0 aliphatic heterocycles. The third kappa shape index (κ3) is 3.80. The first-order valence-corrected chi connectivity index (χ1v) is 5.86. The van der Waals surface area contributed by atoms with E-state index in [1.54, 1.807) is 0 Å². The van der Waals surface area contributed by atoms with Crippen molar-refractivity contribution in [3.05, 3.63) is 48.0 Å². The number of ether oxygens (including phenoxy) is 1. The first kappa shape index (κ1) is 15.0. The largest absolute Gasteiger partial charge is 0.573 e. The van der Waals surface area contributed by atoms with Gasteiger partial charge in [0.25, 0.3) is 0 Å². The van der Waals surface area contributed by atoms with Crippen LogP contribution in [-0.4, -0.2) is 21.9 Å². The van der Waals surface area contributed by atoms with E-state index in [0.717, 1.165) is 29.2 Å². The van der Waals surface area contributed by atoms with Gasteiger partial charge in [-0.05, 0) is 31.2 Å². The van der Waals surface area contributed by atoms with E-state index in [1.165, 1.54) is 19.1 Å². The van der Waals surface area contributed by atoms with E-state index in [1.807, 2.05) is 0 Å². The fraction of sp³-hybridized carbons (Fsp3) is 0.231. The molecule has 0 saturated carbocycles. The van der Waals surface area contributed by atoms with Crippen LogP contribution in [0.4, 0.5) is 17.6 Å². The van der Waals surface area contributed by atoms with Crippen LogP contribution in [-0.2, 0) is 0 Å². The van der Waals surface area contributed by atoms with Crippen LogP contribution < -0.4 is 4.74 Å². The Morgan fingerprint density at radius 2 is 1.90 bits per heavy atom. The van der Waals surface area contributed by atoms with Crippen LogP contribution in [0.25, 0.3) is 0 Å². The predicted octanol–water partition coefficient (Wildman–Crippen LogP) is 3.36. The van der Waals surface area contributed by atoms with Crippen LogP contribution in [0, 0.1) is 5.82 Å². The molecule has 0 aliphatic carbocycles. The second-order valence-corrected chi connectivity index (χ2v) is 4.25. The summed E-state index contributed by atoms with van der Waals surface area (Å²) >= 11 is 0. The predicted molar refractivity (Wildman–Crippen MR) is 64.4 cm³/mol. The Labute approximate surface area is 116 Å². The van der Waals surface area contributed by atoms with E-state index in [9.17, 15) is 22.4 Å². The summed E-state index contributed by atoms with van der Waals surface area (Å²) in [7, 11) is 0. The number of ketones is 1. The lowest BCUT2D eigenvalue weighted by Crippen LogP contribution is -2.18. The summed E-state index contributed by atoms with van der Waals surface area (Å²) < 4.78 is 53.7. The zero-order valence-corrected chi connectivity index (χ0v) is 10.8. The molecular formula is C13H10F4N2O2. The number of nitrogens with zero attached hydrogens (tertiary/aromatic N) is 2. The molecule has 0 saturated heterocycles. The third-order valence-corrected chi connectivity index (χ3v) is 2.72. The number of hydrogen-bond acceptors (Lipinski definition) is 3. The maximum Gasteiger partial charge on any atom is 0.573 e. The zero-order chi connectivity index (χ0) is 15.6. The van der Waals surface area contributed by atoms with Crippen molar-refractivity contribution in [2.24, 2.45) is 0 Å². The van der Waals surface area contributed by atoms with Gasteiger partial charge in [0.1, 0.15) is 11.8 Å². The lowest BCUT2D eigenvalue weighted by atomic mass is 10.1. The standard InChI is InChI=1S/C13H10F4N2O2/c1-8(19-7-10(14)6-18-19)12(20)9-2-4-11(5-3-9)21-13(15,16)17/h2-8H,1H3. The highest BCUT2D eigenvalue weighted by Gasteiger charge is 2.31. The second kappa shape index (κ2) is 5.55. The Kier molecular flexibility index (Phi) is 3.97. The molecule has 0 aliphatic rings. The summed E-state index contributed by atoms with van der Waals surface area (Å²) in [6.07, 6.45) is -2.76. The Morgan fingerprint density at radius 3 is 2.38 bits per heavy atom.